The van der Waals surface area contributed by atoms with Gasteiger partial charge in [-0.25, -0.2) is 9.45 Å². The maximum atomic E-state index is 11.4. The van der Waals surface area contributed by atoms with Crippen LogP contribution in [-0.2, 0) is 24.9 Å². The van der Waals surface area contributed by atoms with E-state index in [2.05, 4.69) is 6.58 Å². The molecule has 1 heterocycles. The lowest BCUT2D eigenvalue weighted by molar-refractivity contribution is -0.645. The Morgan fingerprint density at radius 3 is 2.25 bits per heavy atom. The normalized spacial score (nSPS) is 41.1. The van der Waals surface area contributed by atoms with Gasteiger partial charge in [0, 0.05) is 18.2 Å². The average molecular weight is 408 g/mol. The second-order valence-electron chi connectivity index (χ2n) is 8.62. The van der Waals surface area contributed by atoms with Crippen LogP contribution in [-0.4, -0.2) is 22.5 Å². The van der Waals surface area contributed by atoms with Crippen LogP contribution in [0, 0.1) is 23.7 Å². The highest BCUT2D eigenvalue weighted by Crippen LogP contribution is 2.69. The van der Waals surface area contributed by atoms with Gasteiger partial charge in [-0.05, 0) is 61.8 Å². The van der Waals surface area contributed by atoms with Gasteiger partial charge < -0.3 is 9.26 Å². The van der Waals surface area contributed by atoms with Crippen LogP contribution in [0.25, 0.3) is 6.08 Å². The van der Waals surface area contributed by atoms with Crippen LogP contribution in [0.3, 0.4) is 0 Å². The lowest BCUT2D eigenvalue weighted by atomic mass is 9.47. The van der Waals surface area contributed by atoms with Crippen LogP contribution in [0.15, 0.2) is 24.8 Å². The van der Waals surface area contributed by atoms with Crippen molar-refractivity contribution in [2.45, 2.75) is 43.5 Å². The molecular weight excluding hydrogens is 383 g/mol. The van der Waals surface area contributed by atoms with Gasteiger partial charge in [0.25, 0.3) is 5.79 Å². The number of ether oxygens (including phenoxy) is 1. The highest BCUT2D eigenvalue weighted by atomic mass is 31.2. The number of phosphoric acid groups is 1. The number of phosphoric ester groups is 1. The summed E-state index contributed by atoms with van der Waals surface area (Å²) in [6.07, 6.45) is 7.25. The maximum Gasteiger partial charge on any atom is 0.524 e. The first kappa shape index (κ1) is 18.8. The molecule has 1 atom stereocenters. The maximum absolute atomic E-state index is 11.4. The molecule has 7 nitrogen and oxygen atoms in total. The molecule has 1 aromatic rings. The Bertz CT molecular complexity index is 830. The van der Waals surface area contributed by atoms with E-state index in [4.69, 9.17) is 19.0 Å². The minimum atomic E-state index is -4.72. The molecule has 4 bridgehead atoms. The Labute approximate surface area is 163 Å². The molecule has 1 aromatic carbocycles. The van der Waals surface area contributed by atoms with E-state index < -0.39 is 19.2 Å². The van der Waals surface area contributed by atoms with E-state index >= 15 is 0 Å². The second-order valence-corrected chi connectivity index (χ2v) is 9.79. The lowest BCUT2D eigenvalue weighted by Gasteiger charge is -2.68. The fraction of sp³-hybridized carbons (Fsp3) is 0.600. The van der Waals surface area contributed by atoms with E-state index in [1.54, 1.807) is 19.2 Å². The van der Waals surface area contributed by atoms with Gasteiger partial charge in [0.05, 0.1) is 0 Å². The summed E-state index contributed by atoms with van der Waals surface area (Å²) in [6.45, 7) is 3.69. The van der Waals surface area contributed by atoms with E-state index in [0.29, 0.717) is 23.0 Å². The van der Waals surface area contributed by atoms with Crippen molar-refractivity contribution in [1.29, 1.82) is 0 Å². The molecule has 4 saturated carbocycles. The van der Waals surface area contributed by atoms with E-state index in [-0.39, 0.29) is 5.75 Å². The van der Waals surface area contributed by atoms with Gasteiger partial charge in [-0.2, -0.15) is 4.89 Å². The summed E-state index contributed by atoms with van der Waals surface area (Å²) >= 11 is 0. The van der Waals surface area contributed by atoms with Crippen LogP contribution in [0.4, 0.5) is 0 Å². The van der Waals surface area contributed by atoms with Crippen molar-refractivity contribution in [1.82, 2.24) is 0 Å². The first-order valence-corrected chi connectivity index (χ1v) is 11.3. The standard InChI is InChI=1S/C20H25O7P/c1-3-14-4-5-15(11-18(14)25-28(21,22)23)20(24-2)19(26-27-20)16-7-12-6-13(9-16)10-17(19)8-12/h3-5,11-13,16-17H,1,6-10H2,2H3,(H2,21,22,23). The predicted molar refractivity (Wildman–Crippen MR) is 99.8 cm³/mol. The highest BCUT2D eigenvalue weighted by Gasteiger charge is 2.76. The Morgan fingerprint density at radius 2 is 1.79 bits per heavy atom. The summed E-state index contributed by atoms with van der Waals surface area (Å²) in [4.78, 5) is 30.2. The van der Waals surface area contributed by atoms with Crippen molar-refractivity contribution >= 4 is 13.9 Å². The minimum absolute atomic E-state index is 0.0479. The summed E-state index contributed by atoms with van der Waals surface area (Å²) in [6, 6.07) is 5.12. The number of methoxy groups -OCH3 is 1. The lowest BCUT2D eigenvalue weighted by Crippen LogP contribution is -2.76. The molecule has 152 valence electrons. The summed E-state index contributed by atoms with van der Waals surface area (Å²) < 4.78 is 22.3. The topological polar surface area (TPSA) is 94.5 Å². The van der Waals surface area contributed by atoms with Gasteiger partial charge in [-0.3, -0.25) is 9.79 Å². The molecule has 0 aromatic heterocycles. The molecular formula is C20H25O7P. The second kappa shape index (κ2) is 6.14. The first-order valence-electron chi connectivity index (χ1n) is 9.75. The van der Waals surface area contributed by atoms with Crippen LogP contribution in [0.2, 0.25) is 0 Å². The molecule has 0 radical (unpaired) electrons. The average Bonchev–Trinajstić information content (AvgIpc) is 2.60. The smallest absolute Gasteiger partial charge is 0.404 e. The van der Waals surface area contributed by atoms with Crippen LogP contribution in [0.1, 0.15) is 43.2 Å². The Kier molecular flexibility index (Phi) is 4.12. The molecule has 5 aliphatic rings. The van der Waals surface area contributed by atoms with Gasteiger partial charge in [-0.1, -0.05) is 24.8 Å². The molecule has 1 spiro atoms. The third kappa shape index (κ3) is 2.44. The van der Waals surface area contributed by atoms with Crippen LogP contribution in [0.5, 0.6) is 5.75 Å². The zero-order valence-electron chi connectivity index (χ0n) is 15.7. The Morgan fingerprint density at radius 1 is 1.14 bits per heavy atom. The third-order valence-electron chi connectivity index (χ3n) is 7.28. The van der Waals surface area contributed by atoms with E-state index in [9.17, 15) is 14.4 Å². The van der Waals surface area contributed by atoms with Gasteiger partial charge in [0.15, 0.2) is 5.60 Å². The van der Waals surface area contributed by atoms with Gasteiger partial charge in [0.2, 0.25) is 0 Å². The molecule has 6 rings (SSSR count). The number of hydrogen-bond donors (Lipinski definition) is 2. The quantitative estimate of drug-likeness (QED) is 0.566. The SMILES string of the molecule is C=Cc1ccc(C2(OC)OOC23C2CC4CC(C2)CC3C4)cc1OP(=O)(O)O. The zero-order chi connectivity index (χ0) is 19.7. The van der Waals surface area contributed by atoms with E-state index in [1.807, 2.05) is 6.07 Å². The van der Waals surface area contributed by atoms with Crippen LogP contribution >= 0.6 is 7.82 Å². The zero-order valence-corrected chi connectivity index (χ0v) is 16.6. The fourth-order valence-electron chi connectivity index (χ4n) is 6.47. The first-order chi connectivity index (χ1) is 13.3. The Hall–Kier alpha value is -1.21. The van der Waals surface area contributed by atoms with Crippen LogP contribution < -0.4 is 4.52 Å². The minimum Gasteiger partial charge on any atom is -0.404 e. The molecule has 1 aliphatic heterocycles. The number of hydrogen-bond acceptors (Lipinski definition) is 5. The van der Waals surface area contributed by atoms with Gasteiger partial charge >= 0.3 is 7.82 Å². The fourth-order valence-corrected chi connectivity index (χ4v) is 6.89. The molecule has 28 heavy (non-hydrogen) atoms. The van der Waals surface area contributed by atoms with Crippen molar-refractivity contribution in [3.05, 3.63) is 35.9 Å². The number of rotatable bonds is 5. The summed E-state index contributed by atoms with van der Waals surface area (Å²) in [5, 5.41) is 0. The van der Waals surface area contributed by atoms with Crippen molar-refractivity contribution in [3.63, 3.8) is 0 Å². The molecule has 2 N–H and O–H groups in total. The molecule has 1 unspecified atom stereocenters. The summed E-state index contributed by atoms with van der Waals surface area (Å²) in [5.41, 5.74) is 0.560. The van der Waals surface area contributed by atoms with E-state index in [1.165, 1.54) is 12.5 Å². The summed E-state index contributed by atoms with van der Waals surface area (Å²) in [7, 11) is -3.12. The van der Waals surface area contributed by atoms with Crippen molar-refractivity contribution in [2.75, 3.05) is 7.11 Å². The van der Waals surface area contributed by atoms with Crippen molar-refractivity contribution < 1.29 is 33.4 Å². The molecule has 4 aliphatic carbocycles. The molecule has 0 amide bonds. The third-order valence-corrected chi connectivity index (χ3v) is 7.72. The molecule has 1 saturated heterocycles. The Balaban J connectivity index is 1.59. The van der Waals surface area contributed by atoms with Crippen molar-refractivity contribution in [3.8, 4) is 5.75 Å². The monoisotopic (exact) mass is 408 g/mol. The molecule has 5 fully saturated rings. The largest absolute Gasteiger partial charge is 0.524 e. The van der Waals surface area contributed by atoms with Gasteiger partial charge in [-0.15, -0.1) is 0 Å². The highest BCUT2D eigenvalue weighted by molar-refractivity contribution is 7.46. The summed E-state index contributed by atoms with van der Waals surface area (Å²) in [5.74, 6) is 1.15. The predicted octanol–water partition coefficient (Wildman–Crippen LogP) is 3.76. The van der Waals surface area contributed by atoms with Crippen molar-refractivity contribution in [2.24, 2.45) is 23.7 Å². The number of benzene rings is 1. The van der Waals surface area contributed by atoms with E-state index in [0.717, 1.165) is 37.5 Å². The molecule has 8 heteroatoms. The van der Waals surface area contributed by atoms with Gasteiger partial charge in [0.1, 0.15) is 5.75 Å².